The second-order valence-electron chi connectivity index (χ2n) is 4.25. The lowest BCUT2D eigenvalue weighted by molar-refractivity contribution is 0.262. The van der Waals surface area contributed by atoms with Crippen molar-refractivity contribution in [3.8, 4) is 6.07 Å². The van der Waals surface area contributed by atoms with Crippen molar-refractivity contribution in [1.29, 1.82) is 5.26 Å². The fourth-order valence-electron chi connectivity index (χ4n) is 1.64. The Morgan fingerprint density at radius 1 is 1.15 bits per heavy atom. The molecule has 20 heavy (non-hydrogen) atoms. The number of hydrogen-bond donors (Lipinski definition) is 2. The number of hydrogen-bond acceptors (Lipinski definition) is 2. The lowest BCUT2D eigenvalue weighted by Crippen LogP contribution is -2.20. The normalized spacial score (nSPS) is 9.65. The minimum absolute atomic E-state index is 0.355. The first-order valence-corrected chi connectivity index (χ1v) is 6.30. The standard InChI is InChI=1S/C15H12ClN3O/c1-10-2-6-13(7-3-10)18-15(20)19-14-8-12(16)5-4-11(14)9-17/h2-8H,1H3,(H2,18,19,20). The minimum atomic E-state index is -0.424. The van der Waals surface area contributed by atoms with Crippen molar-refractivity contribution >= 4 is 29.0 Å². The summed E-state index contributed by atoms with van der Waals surface area (Å²) in [5, 5.41) is 14.7. The van der Waals surface area contributed by atoms with E-state index in [9.17, 15) is 4.79 Å². The van der Waals surface area contributed by atoms with E-state index in [1.165, 1.54) is 6.07 Å². The topological polar surface area (TPSA) is 64.9 Å². The van der Waals surface area contributed by atoms with Gasteiger partial charge in [-0.25, -0.2) is 4.79 Å². The maximum absolute atomic E-state index is 11.9. The summed E-state index contributed by atoms with van der Waals surface area (Å²) in [6.45, 7) is 1.97. The van der Waals surface area contributed by atoms with Crippen LogP contribution >= 0.6 is 11.6 Å². The van der Waals surface area contributed by atoms with Crippen LogP contribution in [0.2, 0.25) is 5.02 Å². The molecule has 0 radical (unpaired) electrons. The van der Waals surface area contributed by atoms with Crippen molar-refractivity contribution in [2.75, 3.05) is 10.6 Å². The third kappa shape index (κ3) is 3.50. The van der Waals surface area contributed by atoms with E-state index in [-0.39, 0.29) is 0 Å². The summed E-state index contributed by atoms with van der Waals surface area (Å²) in [6.07, 6.45) is 0. The van der Waals surface area contributed by atoms with Gasteiger partial charge < -0.3 is 10.6 Å². The number of nitrogens with zero attached hydrogens (tertiary/aromatic N) is 1. The van der Waals surface area contributed by atoms with Gasteiger partial charge in [-0.05, 0) is 37.3 Å². The molecule has 0 fully saturated rings. The van der Waals surface area contributed by atoms with E-state index in [1.54, 1.807) is 24.3 Å². The number of carbonyl (C=O) groups is 1. The molecule has 0 aromatic heterocycles. The van der Waals surface area contributed by atoms with E-state index in [1.807, 2.05) is 25.1 Å². The molecule has 0 bridgehead atoms. The van der Waals surface area contributed by atoms with Crippen LogP contribution in [0.25, 0.3) is 0 Å². The Kier molecular flexibility index (Phi) is 4.24. The molecule has 0 saturated heterocycles. The second-order valence-corrected chi connectivity index (χ2v) is 4.68. The Hall–Kier alpha value is -2.51. The van der Waals surface area contributed by atoms with Gasteiger partial charge >= 0.3 is 6.03 Å². The third-order valence-corrected chi connectivity index (χ3v) is 2.89. The predicted octanol–water partition coefficient (Wildman–Crippen LogP) is 4.16. The van der Waals surface area contributed by atoms with Gasteiger partial charge in [-0.1, -0.05) is 29.3 Å². The number of carbonyl (C=O) groups excluding carboxylic acids is 1. The Labute approximate surface area is 122 Å². The molecule has 2 rings (SSSR count). The third-order valence-electron chi connectivity index (χ3n) is 2.66. The summed E-state index contributed by atoms with van der Waals surface area (Å²) < 4.78 is 0. The molecule has 0 aliphatic heterocycles. The summed E-state index contributed by atoms with van der Waals surface area (Å²) >= 11 is 5.85. The molecule has 2 amide bonds. The number of benzene rings is 2. The quantitative estimate of drug-likeness (QED) is 0.870. The van der Waals surface area contributed by atoms with Crippen LogP contribution in [0.3, 0.4) is 0 Å². The number of rotatable bonds is 2. The number of nitriles is 1. The molecule has 0 atom stereocenters. The molecule has 2 N–H and O–H groups in total. The van der Waals surface area contributed by atoms with E-state index in [2.05, 4.69) is 10.6 Å². The number of nitrogens with one attached hydrogen (secondary N) is 2. The molecule has 0 spiro atoms. The van der Waals surface area contributed by atoms with Crippen molar-refractivity contribution in [2.24, 2.45) is 0 Å². The van der Waals surface area contributed by atoms with Crippen molar-refractivity contribution in [2.45, 2.75) is 6.92 Å². The van der Waals surface area contributed by atoms with Gasteiger partial charge in [0.05, 0.1) is 11.3 Å². The van der Waals surface area contributed by atoms with Gasteiger partial charge in [0.25, 0.3) is 0 Å². The van der Waals surface area contributed by atoms with Crippen LogP contribution < -0.4 is 10.6 Å². The number of halogens is 1. The highest BCUT2D eigenvalue weighted by Crippen LogP contribution is 2.20. The van der Waals surface area contributed by atoms with Gasteiger partial charge in [0.1, 0.15) is 6.07 Å². The van der Waals surface area contributed by atoms with Crippen LogP contribution in [-0.2, 0) is 0 Å². The number of amides is 2. The lowest BCUT2D eigenvalue weighted by atomic mass is 10.2. The smallest absolute Gasteiger partial charge is 0.308 e. The molecule has 0 aliphatic rings. The van der Waals surface area contributed by atoms with Crippen LogP contribution in [0.5, 0.6) is 0 Å². The Morgan fingerprint density at radius 3 is 2.50 bits per heavy atom. The van der Waals surface area contributed by atoms with Crippen molar-refractivity contribution in [3.05, 3.63) is 58.6 Å². The van der Waals surface area contributed by atoms with Crippen molar-refractivity contribution < 1.29 is 4.79 Å². The maximum Gasteiger partial charge on any atom is 0.323 e. The Bertz CT molecular complexity index is 675. The Morgan fingerprint density at radius 2 is 1.85 bits per heavy atom. The fraction of sp³-hybridized carbons (Fsp3) is 0.0667. The molecule has 0 saturated carbocycles. The van der Waals surface area contributed by atoms with Gasteiger partial charge in [0.15, 0.2) is 0 Å². The SMILES string of the molecule is Cc1ccc(NC(=O)Nc2cc(Cl)ccc2C#N)cc1. The van der Waals surface area contributed by atoms with E-state index >= 15 is 0 Å². The summed E-state index contributed by atoms with van der Waals surface area (Å²) in [7, 11) is 0. The summed E-state index contributed by atoms with van der Waals surface area (Å²) in [6, 6.07) is 13.7. The largest absolute Gasteiger partial charge is 0.323 e. The predicted molar refractivity (Wildman–Crippen MR) is 80.0 cm³/mol. The Balaban J connectivity index is 2.10. The number of aryl methyl sites for hydroxylation is 1. The lowest BCUT2D eigenvalue weighted by Gasteiger charge is -2.09. The molecule has 0 unspecified atom stereocenters. The first-order valence-electron chi connectivity index (χ1n) is 5.93. The molecule has 2 aromatic rings. The van der Waals surface area contributed by atoms with Crippen molar-refractivity contribution in [1.82, 2.24) is 0 Å². The average molecular weight is 286 g/mol. The highest BCUT2D eigenvalue weighted by atomic mass is 35.5. The summed E-state index contributed by atoms with van der Waals surface area (Å²) in [5.41, 5.74) is 2.52. The highest BCUT2D eigenvalue weighted by molar-refractivity contribution is 6.31. The van der Waals surface area contributed by atoms with Crippen LogP contribution in [0.4, 0.5) is 16.2 Å². The van der Waals surface area contributed by atoms with Crippen LogP contribution in [0, 0.1) is 18.3 Å². The molecule has 100 valence electrons. The van der Waals surface area contributed by atoms with E-state index in [0.717, 1.165) is 5.56 Å². The van der Waals surface area contributed by atoms with E-state index in [0.29, 0.717) is 22.0 Å². The van der Waals surface area contributed by atoms with E-state index in [4.69, 9.17) is 16.9 Å². The zero-order valence-corrected chi connectivity index (χ0v) is 11.5. The maximum atomic E-state index is 11.9. The summed E-state index contributed by atoms with van der Waals surface area (Å²) in [4.78, 5) is 11.9. The summed E-state index contributed by atoms with van der Waals surface area (Å²) in [5.74, 6) is 0. The molecule has 4 nitrogen and oxygen atoms in total. The monoisotopic (exact) mass is 285 g/mol. The fourth-order valence-corrected chi connectivity index (χ4v) is 1.81. The van der Waals surface area contributed by atoms with Crippen LogP contribution in [0.15, 0.2) is 42.5 Å². The number of anilines is 2. The van der Waals surface area contributed by atoms with E-state index < -0.39 is 6.03 Å². The first-order chi connectivity index (χ1) is 9.58. The molecule has 2 aromatic carbocycles. The zero-order chi connectivity index (χ0) is 14.5. The highest BCUT2D eigenvalue weighted by Gasteiger charge is 2.07. The van der Waals surface area contributed by atoms with Crippen LogP contribution in [-0.4, -0.2) is 6.03 Å². The second kappa shape index (κ2) is 6.09. The van der Waals surface area contributed by atoms with Gasteiger partial charge in [-0.2, -0.15) is 5.26 Å². The average Bonchev–Trinajstić information content (AvgIpc) is 2.41. The zero-order valence-electron chi connectivity index (χ0n) is 10.8. The van der Waals surface area contributed by atoms with Gasteiger partial charge in [-0.15, -0.1) is 0 Å². The van der Waals surface area contributed by atoms with Gasteiger partial charge in [-0.3, -0.25) is 0 Å². The molecular formula is C15H12ClN3O. The van der Waals surface area contributed by atoms with Crippen LogP contribution in [0.1, 0.15) is 11.1 Å². The first kappa shape index (κ1) is 13.9. The number of urea groups is 1. The molecule has 0 aliphatic carbocycles. The van der Waals surface area contributed by atoms with Gasteiger partial charge in [0.2, 0.25) is 0 Å². The molecular weight excluding hydrogens is 274 g/mol. The molecule has 0 heterocycles. The molecule has 5 heteroatoms. The van der Waals surface area contributed by atoms with Crippen molar-refractivity contribution in [3.63, 3.8) is 0 Å². The minimum Gasteiger partial charge on any atom is -0.308 e. The van der Waals surface area contributed by atoms with Gasteiger partial charge in [0, 0.05) is 10.7 Å².